The molecule has 0 N–H and O–H groups in total. The van der Waals surface area contributed by atoms with Gasteiger partial charge in [0.1, 0.15) is 11.3 Å². The first-order valence-corrected chi connectivity index (χ1v) is 11.2. The van der Waals surface area contributed by atoms with E-state index in [9.17, 15) is 4.79 Å². The number of nitrogens with zero attached hydrogens (tertiary/aromatic N) is 5. The van der Waals surface area contributed by atoms with E-state index < -0.39 is 0 Å². The quantitative estimate of drug-likeness (QED) is 0.456. The lowest BCUT2D eigenvalue weighted by Gasteiger charge is -2.35. The predicted molar refractivity (Wildman–Crippen MR) is 122 cm³/mol. The minimum absolute atomic E-state index is 0.199. The van der Waals surface area contributed by atoms with Crippen molar-refractivity contribution in [1.82, 2.24) is 19.7 Å². The Morgan fingerprint density at radius 1 is 1.06 bits per heavy atom. The molecule has 1 fully saturated rings. The molecule has 158 valence electrons. The van der Waals surface area contributed by atoms with Gasteiger partial charge in [0.25, 0.3) is 5.56 Å². The molecule has 5 rings (SSSR count). The lowest BCUT2D eigenvalue weighted by molar-refractivity contribution is 0.247. The molecule has 0 amide bonds. The fourth-order valence-electron chi connectivity index (χ4n) is 3.67. The van der Waals surface area contributed by atoms with Gasteiger partial charge in [0.2, 0.25) is 5.89 Å². The summed E-state index contributed by atoms with van der Waals surface area (Å²) in [6, 6.07) is 13.3. The molecule has 0 radical (unpaired) electrons. The Bertz CT molecular complexity index is 1210. The highest BCUT2D eigenvalue weighted by molar-refractivity contribution is 7.13. The largest absolute Gasteiger partial charge is 0.444 e. The van der Waals surface area contributed by atoms with Crippen LogP contribution in [0.2, 0.25) is 5.02 Å². The number of rotatable bonds is 5. The molecule has 1 aliphatic heterocycles. The summed E-state index contributed by atoms with van der Waals surface area (Å²) in [6.07, 6.45) is 3.41. The lowest BCUT2D eigenvalue weighted by atomic mass is 10.2. The number of hydrogen-bond acceptors (Lipinski definition) is 7. The van der Waals surface area contributed by atoms with E-state index >= 15 is 0 Å². The Kier molecular flexibility index (Phi) is 5.59. The average Bonchev–Trinajstić information content (AvgIpc) is 3.49. The number of halogens is 1. The van der Waals surface area contributed by atoms with Gasteiger partial charge < -0.3 is 9.32 Å². The number of hydrogen-bond donors (Lipinski definition) is 0. The van der Waals surface area contributed by atoms with E-state index in [-0.39, 0.29) is 10.6 Å². The Morgan fingerprint density at radius 3 is 2.61 bits per heavy atom. The molecule has 0 saturated carbocycles. The third kappa shape index (κ3) is 4.14. The van der Waals surface area contributed by atoms with Crippen LogP contribution in [0, 0.1) is 0 Å². The topological polar surface area (TPSA) is 67.4 Å². The summed E-state index contributed by atoms with van der Waals surface area (Å²) in [6.45, 7) is 3.90. The van der Waals surface area contributed by atoms with Gasteiger partial charge in [0.15, 0.2) is 0 Å². The molecule has 0 aliphatic carbocycles. The zero-order valence-corrected chi connectivity index (χ0v) is 18.2. The van der Waals surface area contributed by atoms with Crippen LogP contribution < -0.4 is 10.5 Å². The van der Waals surface area contributed by atoms with Crippen LogP contribution >= 0.6 is 22.9 Å². The van der Waals surface area contributed by atoms with Crippen molar-refractivity contribution in [3.05, 3.63) is 81.4 Å². The smallest absolute Gasteiger partial charge is 0.292 e. The molecule has 7 nitrogen and oxygen atoms in total. The van der Waals surface area contributed by atoms with E-state index in [2.05, 4.69) is 19.9 Å². The van der Waals surface area contributed by atoms with Gasteiger partial charge in [-0.25, -0.2) is 4.98 Å². The molecule has 31 heavy (non-hydrogen) atoms. The molecular weight excluding hydrogens is 434 g/mol. The third-order valence-corrected chi connectivity index (χ3v) is 6.50. The van der Waals surface area contributed by atoms with Gasteiger partial charge in [0, 0.05) is 32.7 Å². The average molecular weight is 454 g/mol. The highest BCUT2D eigenvalue weighted by atomic mass is 35.5. The minimum Gasteiger partial charge on any atom is -0.444 e. The second kappa shape index (κ2) is 8.66. The third-order valence-electron chi connectivity index (χ3n) is 5.28. The highest BCUT2D eigenvalue weighted by Gasteiger charge is 2.22. The summed E-state index contributed by atoms with van der Waals surface area (Å²) in [4.78, 5) is 22.8. The zero-order valence-electron chi connectivity index (χ0n) is 16.6. The van der Waals surface area contributed by atoms with Crippen LogP contribution in [0.5, 0.6) is 0 Å². The van der Waals surface area contributed by atoms with Gasteiger partial charge >= 0.3 is 0 Å². The van der Waals surface area contributed by atoms with Gasteiger partial charge in [-0.15, -0.1) is 11.3 Å². The van der Waals surface area contributed by atoms with Crippen LogP contribution in [0.4, 0.5) is 5.69 Å². The summed E-state index contributed by atoms with van der Waals surface area (Å²) >= 11 is 8.06. The van der Waals surface area contributed by atoms with Crippen LogP contribution in [0.1, 0.15) is 5.69 Å². The fraction of sp³-hybridized carbons (Fsp3) is 0.227. The number of benzene rings is 1. The number of oxazole rings is 1. The Morgan fingerprint density at radius 2 is 1.87 bits per heavy atom. The fourth-order valence-corrected chi connectivity index (χ4v) is 4.57. The van der Waals surface area contributed by atoms with E-state index in [1.54, 1.807) is 23.8 Å². The van der Waals surface area contributed by atoms with Crippen molar-refractivity contribution in [2.75, 3.05) is 31.1 Å². The molecule has 0 spiro atoms. The van der Waals surface area contributed by atoms with E-state index in [0.29, 0.717) is 17.3 Å². The molecule has 1 aliphatic rings. The second-order valence-corrected chi connectivity index (χ2v) is 8.61. The van der Waals surface area contributed by atoms with Crippen molar-refractivity contribution in [1.29, 1.82) is 0 Å². The van der Waals surface area contributed by atoms with Crippen LogP contribution in [-0.2, 0) is 6.54 Å². The van der Waals surface area contributed by atoms with Crippen molar-refractivity contribution in [3.8, 4) is 16.5 Å². The normalized spacial score (nSPS) is 14.8. The Labute approximate surface area is 188 Å². The summed E-state index contributed by atoms with van der Waals surface area (Å²) in [5.74, 6) is 0.667. The molecule has 0 atom stereocenters. The standard InChI is InChI=1S/C22H20ClN5O2S/c23-20-18(13-24-28(22(20)29)17-5-2-1-3-6-17)27-10-8-26(9-11-27)14-16-15-30-21(25-16)19-7-4-12-31-19/h1-7,12-13,15H,8-11,14H2. The van der Waals surface area contributed by atoms with Crippen LogP contribution in [0.3, 0.4) is 0 Å². The maximum Gasteiger partial charge on any atom is 0.292 e. The summed E-state index contributed by atoms with van der Waals surface area (Å²) in [5, 5.41) is 6.55. The lowest BCUT2D eigenvalue weighted by Crippen LogP contribution is -2.46. The van der Waals surface area contributed by atoms with E-state index in [4.69, 9.17) is 16.0 Å². The Balaban J connectivity index is 1.25. The molecule has 4 heterocycles. The van der Waals surface area contributed by atoms with Crippen LogP contribution in [-0.4, -0.2) is 45.8 Å². The molecule has 9 heteroatoms. The van der Waals surface area contributed by atoms with Crippen LogP contribution in [0.15, 0.2) is 69.5 Å². The number of para-hydroxylation sites is 1. The summed E-state index contributed by atoms with van der Waals surface area (Å²) in [5.41, 5.74) is 1.98. The van der Waals surface area contributed by atoms with Gasteiger partial charge in [0.05, 0.1) is 28.1 Å². The highest BCUT2D eigenvalue weighted by Crippen LogP contribution is 2.25. The summed E-state index contributed by atoms with van der Waals surface area (Å²) in [7, 11) is 0. The maximum absolute atomic E-state index is 12.8. The van der Waals surface area contributed by atoms with Gasteiger partial charge in [-0.05, 0) is 23.6 Å². The van der Waals surface area contributed by atoms with E-state index in [1.165, 1.54) is 4.68 Å². The molecule has 1 aromatic carbocycles. The van der Waals surface area contributed by atoms with Crippen molar-refractivity contribution in [3.63, 3.8) is 0 Å². The predicted octanol–water partition coefficient (Wildman–Crippen LogP) is 3.92. The van der Waals surface area contributed by atoms with Gasteiger partial charge in [-0.2, -0.15) is 9.78 Å². The minimum atomic E-state index is -0.309. The zero-order chi connectivity index (χ0) is 21.2. The summed E-state index contributed by atoms with van der Waals surface area (Å²) < 4.78 is 6.95. The van der Waals surface area contributed by atoms with Crippen molar-refractivity contribution < 1.29 is 4.42 Å². The number of aromatic nitrogens is 3. The molecule has 4 aromatic rings. The molecule has 0 bridgehead atoms. The number of thiophene rings is 1. The van der Waals surface area contributed by atoms with Crippen molar-refractivity contribution in [2.24, 2.45) is 0 Å². The Hall–Kier alpha value is -2.94. The van der Waals surface area contributed by atoms with Crippen molar-refractivity contribution in [2.45, 2.75) is 6.54 Å². The van der Waals surface area contributed by atoms with Gasteiger partial charge in [-0.3, -0.25) is 9.69 Å². The first kappa shape index (κ1) is 20.0. The first-order chi connectivity index (χ1) is 15.2. The SMILES string of the molecule is O=c1c(Cl)c(N2CCN(Cc3coc(-c4cccs4)n3)CC2)cnn1-c1ccccc1. The molecule has 0 unspecified atom stereocenters. The number of piperazine rings is 1. The van der Waals surface area contributed by atoms with Crippen molar-refractivity contribution >= 4 is 28.6 Å². The van der Waals surface area contributed by atoms with Gasteiger partial charge in [-0.1, -0.05) is 35.9 Å². The number of anilines is 1. The maximum atomic E-state index is 12.8. The first-order valence-electron chi connectivity index (χ1n) is 9.98. The molecular formula is C22H20ClN5O2S. The van der Waals surface area contributed by atoms with Crippen LogP contribution in [0.25, 0.3) is 16.5 Å². The molecule has 1 saturated heterocycles. The van der Waals surface area contributed by atoms with E-state index in [0.717, 1.165) is 43.3 Å². The monoisotopic (exact) mass is 453 g/mol. The molecule has 3 aromatic heterocycles. The second-order valence-electron chi connectivity index (χ2n) is 7.28. The van der Waals surface area contributed by atoms with E-state index in [1.807, 2.05) is 47.8 Å².